The van der Waals surface area contributed by atoms with E-state index in [0.29, 0.717) is 64.2 Å². The van der Waals surface area contributed by atoms with Crippen LogP contribution in [0.15, 0.2) is 0 Å². The fourth-order valence-electron chi connectivity index (χ4n) is 16.7. The monoisotopic (exact) mass is 1450 g/mol. The van der Waals surface area contributed by atoms with Gasteiger partial charge in [0, 0.05) is 54.9 Å². The lowest BCUT2D eigenvalue weighted by Gasteiger charge is -2.45. The van der Waals surface area contributed by atoms with Gasteiger partial charge in [0.2, 0.25) is 70.9 Å². The highest BCUT2D eigenvalue weighted by Gasteiger charge is 2.56. The van der Waals surface area contributed by atoms with E-state index >= 15 is 37.5 Å². The van der Waals surface area contributed by atoms with E-state index < -0.39 is 199 Å². The molecule has 0 radical (unpaired) electrons. The van der Waals surface area contributed by atoms with Crippen LogP contribution in [-0.2, 0) is 67.0 Å². The minimum atomic E-state index is -5.16. The Balaban J connectivity index is 1.16. The van der Waals surface area contributed by atoms with Crippen molar-refractivity contribution in [2.45, 2.75) is 267 Å². The Morgan fingerprint density at radius 1 is 0.657 bits per heavy atom. The molecule has 5 aliphatic heterocycles. The van der Waals surface area contributed by atoms with Gasteiger partial charge < -0.3 is 69.9 Å². The van der Waals surface area contributed by atoms with Gasteiger partial charge in [0.1, 0.15) is 78.2 Å². The van der Waals surface area contributed by atoms with Crippen LogP contribution in [0.3, 0.4) is 0 Å². The highest BCUT2D eigenvalue weighted by Crippen LogP contribution is 2.45. The van der Waals surface area contributed by atoms with Crippen molar-refractivity contribution in [2.24, 2.45) is 29.6 Å². The molecule has 8 fully saturated rings. The molecule has 12 amide bonds. The number of likely N-dealkylation sites (N-methyl/N-ethyl adjacent to an activating group) is 5. The molecule has 8 aliphatic rings. The van der Waals surface area contributed by atoms with Gasteiger partial charge in [-0.1, -0.05) is 66.7 Å². The van der Waals surface area contributed by atoms with Crippen molar-refractivity contribution >= 4 is 70.9 Å². The Morgan fingerprint density at radius 2 is 1.28 bits per heavy atom. The minimum absolute atomic E-state index is 0.0474. The van der Waals surface area contributed by atoms with Crippen LogP contribution < -0.4 is 21.3 Å². The van der Waals surface area contributed by atoms with Crippen LogP contribution >= 0.6 is 0 Å². The Hall–Kier alpha value is -6.79. The van der Waals surface area contributed by atoms with E-state index in [-0.39, 0.29) is 109 Å². The molecule has 4 N–H and O–H groups in total. The van der Waals surface area contributed by atoms with E-state index in [4.69, 9.17) is 9.47 Å². The second-order valence-corrected chi connectivity index (χ2v) is 30.7. The number of morpholine rings is 1. The molecule has 574 valence electrons. The van der Waals surface area contributed by atoms with Crippen molar-refractivity contribution in [3.8, 4) is 0 Å². The molecular weight excluding hydrogens is 1340 g/mol. The summed E-state index contributed by atoms with van der Waals surface area (Å²) in [4.78, 5) is 190. The standard InChI is InChI=1S/C71H111F5N12O14/c1-12-31-101-39-54-66(97)81(7)36-55(89)77-49(25-22-43-33-47(72)57(48(73)34-43)71(74,75)76)64(95)86-29-18-21-51(86)61(92)80-70(27-16-17-28-70)69(100)85(11)59(44-19-14-15-20-44)62(93)78-50(65(96)88-45-23-24-46(88)38-102-37-45)35-56(90)83(9)53(32-40(3)4)60(91)79-58(41(5)13-2)68(99)82(8)42(6)63(94)87-30-26-52(87)67(98)84(54)10/h40-54,57-59H,12-39H2,1-11H3,(H,77,89)(H,78,93)(H,79,91)(H,80,92)/t41-,42-,43?,45?,46?,47?,48?,49-,50-,51-,52-,53-,54-,57?,58-,59-/m0/s1. The molecule has 26 nitrogen and oxygen atoms in total. The topological polar surface area (TPSA) is 297 Å². The minimum Gasteiger partial charge on any atom is -0.379 e. The van der Waals surface area contributed by atoms with Crippen LogP contribution in [0.25, 0.3) is 0 Å². The summed E-state index contributed by atoms with van der Waals surface area (Å²) in [5, 5.41) is 11.5. The van der Waals surface area contributed by atoms with E-state index in [2.05, 4.69) is 21.3 Å². The van der Waals surface area contributed by atoms with Crippen LogP contribution in [0.1, 0.15) is 176 Å². The van der Waals surface area contributed by atoms with E-state index in [9.17, 15) is 41.9 Å². The largest absolute Gasteiger partial charge is 0.397 e. The molecule has 0 aromatic rings. The molecule has 5 heterocycles. The van der Waals surface area contributed by atoms with Crippen LogP contribution in [0, 0.1) is 29.6 Å². The van der Waals surface area contributed by atoms with Crippen molar-refractivity contribution in [3.05, 3.63) is 0 Å². The van der Waals surface area contributed by atoms with Gasteiger partial charge in [0.15, 0.2) is 0 Å². The van der Waals surface area contributed by atoms with Crippen LogP contribution in [-0.4, -0.2) is 282 Å². The number of alkyl halides is 5. The summed E-state index contributed by atoms with van der Waals surface area (Å²) < 4.78 is 83.8. The van der Waals surface area contributed by atoms with Crippen LogP contribution in [0.5, 0.6) is 0 Å². The SMILES string of the molecule is CCCOC[C@H]1C(=O)N(C)CC(=O)N[C@@H](CCC2CC(F)C(C(F)(F)F)C(F)C2)C(=O)N2CCC[C@H]2C(=O)NC2(CCCC2)C(=O)N(C)[C@@H](C2CCCC2)C(=O)N[C@H](C(=O)N2C3CCC2COC3)CC(=O)N(C)[C@@H](CC(C)C)C(=O)N[C@@H]([C@@H](C)CC)C(=O)N(C)[C@@H](C)C(=O)N2CC[C@H]2C(=O)N1C. The maximum absolute atomic E-state index is 15.6. The molecule has 5 saturated heterocycles. The molecular formula is C71H111F5N12O14. The number of carbonyl (C=O) groups is 12. The molecule has 0 aromatic heterocycles. The second kappa shape index (κ2) is 34.9. The van der Waals surface area contributed by atoms with Crippen molar-refractivity contribution in [1.82, 2.24) is 60.5 Å². The molecule has 8 rings (SSSR count). The molecule has 14 atom stereocenters. The first kappa shape index (κ1) is 80.9. The first-order valence-electron chi connectivity index (χ1n) is 37.1. The number of nitrogens with one attached hydrogen (secondary N) is 4. The number of ether oxygens (including phenoxy) is 2. The zero-order valence-corrected chi connectivity index (χ0v) is 61.4. The number of hydrogen-bond acceptors (Lipinski definition) is 14. The maximum Gasteiger partial charge on any atom is 0.397 e. The number of nitrogens with zero attached hydrogens (tertiary/aromatic N) is 8. The summed E-state index contributed by atoms with van der Waals surface area (Å²) in [5.74, 6) is -13.6. The lowest BCUT2D eigenvalue weighted by Crippen LogP contribution is -2.65. The zero-order chi connectivity index (χ0) is 75.0. The van der Waals surface area contributed by atoms with Gasteiger partial charge in [-0.25, -0.2) is 8.78 Å². The van der Waals surface area contributed by atoms with Gasteiger partial charge in [-0.2, -0.15) is 13.2 Å². The third kappa shape index (κ3) is 18.3. The smallest absolute Gasteiger partial charge is 0.379 e. The van der Waals surface area contributed by atoms with Crippen molar-refractivity contribution < 1.29 is 89.0 Å². The number of halogens is 5. The predicted octanol–water partition coefficient (Wildman–Crippen LogP) is 3.80. The lowest BCUT2D eigenvalue weighted by atomic mass is 9.76. The first-order chi connectivity index (χ1) is 48.2. The molecule has 3 aliphatic carbocycles. The van der Waals surface area contributed by atoms with E-state index in [0.717, 1.165) is 9.80 Å². The second-order valence-electron chi connectivity index (χ2n) is 30.7. The summed E-state index contributed by atoms with van der Waals surface area (Å²) in [6.07, 6.45) is -6.70. The van der Waals surface area contributed by atoms with Crippen LogP contribution in [0.2, 0.25) is 0 Å². The average Bonchev–Trinajstić information content (AvgIpc) is 1.28. The van der Waals surface area contributed by atoms with Crippen molar-refractivity contribution in [1.29, 1.82) is 0 Å². The summed E-state index contributed by atoms with van der Waals surface area (Å²) >= 11 is 0. The van der Waals surface area contributed by atoms with Gasteiger partial charge in [0.05, 0.1) is 44.9 Å². The number of amides is 12. The Labute approximate surface area is 596 Å². The van der Waals surface area contributed by atoms with E-state index in [1.54, 1.807) is 11.8 Å². The predicted molar refractivity (Wildman–Crippen MR) is 362 cm³/mol. The molecule has 102 heavy (non-hydrogen) atoms. The Morgan fingerprint density at radius 3 is 1.86 bits per heavy atom. The summed E-state index contributed by atoms with van der Waals surface area (Å²) in [6, 6.07) is -12.6. The number of fused-ring (bicyclic) bond motifs is 4. The molecule has 0 aromatic carbocycles. The number of rotatable bonds is 13. The van der Waals surface area contributed by atoms with Gasteiger partial charge in [-0.05, 0) is 127 Å². The Bertz CT molecular complexity index is 3020. The molecule has 1 spiro atoms. The third-order valence-electron chi connectivity index (χ3n) is 23.2. The molecule has 2 bridgehead atoms. The maximum atomic E-state index is 15.6. The highest BCUT2D eigenvalue weighted by atomic mass is 19.4. The van der Waals surface area contributed by atoms with Gasteiger partial charge >= 0.3 is 6.18 Å². The summed E-state index contributed by atoms with van der Waals surface area (Å²) in [7, 11) is 6.87. The zero-order valence-electron chi connectivity index (χ0n) is 61.4. The fraction of sp³-hybridized carbons (Fsp3) is 0.831. The fourth-order valence-corrected chi connectivity index (χ4v) is 16.7. The van der Waals surface area contributed by atoms with Gasteiger partial charge in [0.25, 0.3) is 0 Å². The van der Waals surface area contributed by atoms with Gasteiger partial charge in [-0.15, -0.1) is 0 Å². The van der Waals surface area contributed by atoms with E-state index in [1.165, 1.54) is 66.7 Å². The van der Waals surface area contributed by atoms with Gasteiger partial charge in [-0.3, -0.25) is 57.5 Å². The quantitative estimate of drug-likeness (QED) is 0.151. The molecule has 3 saturated carbocycles. The first-order valence-corrected chi connectivity index (χ1v) is 37.1. The van der Waals surface area contributed by atoms with Crippen LogP contribution in [0.4, 0.5) is 22.0 Å². The highest BCUT2D eigenvalue weighted by molar-refractivity contribution is 6.01. The summed E-state index contributed by atoms with van der Waals surface area (Å²) in [5.41, 5.74) is -1.63. The Kier molecular flexibility index (Phi) is 27.7. The molecule has 31 heteroatoms. The van der Waals surface area contributed by atoms with Crippen molar-refractivity contribution in [3.63, 3.8) is 0 Å². The molecule has 4 unspecified atom stereocenters. The normalized spacial score (nSPS) is 33.0. The summed E-state index contributed by atoms with van der Waals surface area (Å²) in [6.45, 7) is 10.1. The third-order valence-corrected chi connectivity index (χ3v) is 23.2. The van der Waals surface area contributed by atoms with Crippen molar-refractivity contribution in [2.75, 3.05) is 81.3 Å². The van der Waals surface area contributed by atoms with E-state index in [1.807, 2.05) is 27.7 Å². The number of carbonyl (C=O) groups excluding carboxylic acids is 12. The number of hydrogen-bond donors (Lipinski definition) is 4. The average molecular weight is 1450 g/mol. The lowest BCUT2D eigenvalue weighted by molar-refractivity contribution is -0.219.